The summed E-state index contributed by atoms with van der Waals surface area (Å²) in [6.45, 7) is 3.16. The molecule has 0 atom stereocenters. The lowest BCUT2D eigenvalue weighted by Gasteiger charge is -2.04. The molecule has 7 heteroatoms. The molecule has 2 rings (SSSR count). The van der Waals surface area contributed by atoms with Crippen LogP contribution >= 0.6 is 0 Å². The van der Waals surface area contributed by atoms with Crippen LogP contribution in [0.25, 0.3) is 0 Å². The summed E-state index contributed by atoms with van der Waals surface area (Å²) in [7, 11) is -4.00. The molecule has 0 spiro atoms. The fourth-order valence-electron chi connectivity index (χ4n) is 1.82. The molecular weight excluding hydrogens is 300 g/mol. The van der Waals surface area contributed by atoms with E-state index >= 15 is 0 Å². The Morgan fingerprint density at radius 2 is 1.86 bits per heavy atom. The number of sulfone groups is 1. The van der Waals surface area contributed by atoms with Crippen LogP contribution in [-0.4, -0.2) is 15.0 Å². The minimum Gasteiger partial charge on any atom is -0.464 e. The van der Waals surface area contributed by atoms with Gasteiger partial charge in [-0.25, -0.2) is 17.2 Å². The van der Waals surface area contributed by atoms with E-state index in [-0.39, 0.29) is 5.76 Å². The molecule has 2 aromatic rings. The van der Waals surface area contributed by atoms with Gasteiger partial charge in [0.2, 0.25) is 0 Å². The minimum atomic E-state index is -4.00. The number of benzene rings is 1. The summed E-state index contributed by atoms with van der Waals surface area (Å²) in [4.78, 5) is -0.660. The summed E-state index contributed by atoms with van der Waals surface area (Å²) in [5.74, 6) is -1.52. The molecule has 21 heavy (non-hydrogen) atoms. The third-order valence-corrected chi connectivity index (χ3v) is 4.47. The molecule has 1 aromatic carbocycles. The number of furan rings is 1. The molecule has 0 unspecified atom stereocenters. The summed E-state index contributed by atoms with van der Waals surface area (Å²) in [6.07, 6.45) is 0. The van der Waals surface area contributed by atoms with Crippen molar-refractivity contribution < 1.29 is 21.6 Å². The Balaban J connectivity index is 2.21. The highest BCUT2D eigenvalue weighted by molar-refractivity contribution is 7.90. The number of hydrogen-bond acceptors (Lipinski definition) is 4. The van der Waals surface area contributed by atoms with E-state index in [9.17, 15) is 17.2 Å². The van der Waals surface area contributed by atoms with E-state index in [1.165, 1.54) is 6.07 Å². The molecule has 1 heterocycles. The van der Waals surface area contributed by atoms with Crippen LogP contribution in [0.5, 0.6) is 0 Å². The molecule has 0 aliphatic heterocycles. The topological polar surface area (TPSA) is 59.3 Å². The van der Waals surface area contributed by atoms with Gasteiger partial charge in [0.1, 0.15) is 33.8 Å². The van der Waals surface area contributed by atoms with Gasteiger partial charge in [-0.15, -0.1) is 0 Å². The lowest BCUT2D eigenvalue weighted by Crippen LogP contribution is -2.11. The second kappa shape index (κ2) is 6.36. The van der Waals surface area contributed by atoms with Crippen LogP contribution in [0.2, 0.25) is 0 Å². The minimum absolute atomic E-state index is 0.187. The molecule has 0 amide bonds. The van der Waals surface area contributed by atoms with Gasteiger partial charge in [-0.1, -0.05) is 6.92 Å². The first-order valence-electron chi connectivity index (χ1n) is 6.38. The van der Waals surface area contributed by atoms with Crippen molar-refractivity contribution in [2.75, 3.05) is 6.54 Å². The fourth-order valence-corrected chi connectivity index (χ4v) is 3.17. The summed E-state index contributed by atoms with van der Waals surface area (Å²) in [5, 5.41) is 3.04. The predicted octanol–water partition coefficient (Wildman–Crippen LogP) is 2.64. The van der Waals surface area contributed by atoms with Gasteiger partial charge in [0.25, 0.3) is 0 Å². The van der Waals surface area contributed by atoms with Crippen LogP contribution in [0.15, 0.2) is 39.6 Å². The Bertz CT molecular complexity index is 726. The second-order valence-electron chi connectivity index (χ2n) is 4.48. The van der Waals surface area contributed by atoms with E-state index in [0.717, 1.165) is 18.7 Å². The van der Waals surface area contributed by atoms with E-state index in [1.54, 1.807) is 6.07 Å². The van der Waals surface area contributed by atoms with Crippen molar-refractivity contribution in [3.05, 3.63) is 53.5 Å². The highest BCUT2D eigenvalue weighted by atomic mass is 32.2. The molecule has 0 fully saturated rings. The van der Waals surface area contributed by atoms with E-state index in [0.29, 0.717) is 18.4 Å². The van der Waals surface area contributed by atoms with E-state index in [1.807, 2.05) is 6.92 Å². The predicted molar refractivity (Wildman–Crippen MR) is 73.3 cm³/mol. The Morgan fingerprint density at radius 3 is 2.57 bits per heavy atom. The molecule has 0 bridgehead atoms. The van der Waals surface area contributed by atoms with Gasteiger partial charge in [-0.05, 0) is 36.9 Å². The molecule has 114 valence electrons. The van der Waals surface area contributed by atoms with Crippen LogP contribution in [0.3, 0.4) is 0 Å². The first-order chi connectivity index (χ1) is 9.92. The van der Waals surface area contributed by atoms with Crippen LogP contribution in [0, 0.1) is 11.6 Å². The van der Waals surface area contributed by atoms with Crippen LogP contribution in [-0.2, 0) is 22.1 Å². The first kappa shape index (κ1) is 15.7. The largest absolute Gasteiger partial charge is 0.464 e. The quantitative estimate of drug-likeness (QED) is 0.890. The number of nitrogens with one attached hydrogen (secondary N) is 1. The van der Waals surface area contributed by atoms with Crippen molar-refractivity contribution in [1.29, 1.82) is 0 Å². The number of halogens is 2. The molecule has 1 N–H and O–H groups in total. The Morgan fingerprint density at radius 1 is 1.14 bits per heavy atom. The molecule has 0 aliphatic carbocycles. The van der Waals surface area contributed by atoms with Crippen molar-refractivity contribution in [3.63, 3.8) is 0 Å². The first-order valence-corrected chi connectivity index (χ1v) is 8.03. The zero-order valence-corrected chi connectivity index (χ0v) is 12.2. The van der Waals surface area contributed by atoms with Gasteiger partial charge < -0.3 is 9.73 Å². The molecule has 4 nitrogen and oxygen atoms in total. The lowest BCUT2D eigenvalue weighted by molar-refractivity contribution is 0.458. The van der Waals surface area contributed by atoms with Gasteiger partial charge in [0, 0.05) is 0 Å². The average Bonchev–Trinajstić information content (AvgIpc) is 2.86. The van der Waals surface area contributed by atoms with Crippen LogP contribution in [0.1, 0.15) is 18.4 Å². The summed E-state index contributed by atoms with van der Waals surface area (Å²) < 4.78 is 56.2. The smallest absolute Gasteiger partial charge is 0.188 e. The van der Waals surface area contributed by atoms with Crippen molar-refractivity contribution in [3.8, 4) is 0 Å². The van der Waals surface area contributed by atoms with Crippen LogP contribution in [0.4, 0.5) is 8.78 Å². The standard InChI is InChI=1S/C14H15F2NO3S/c1-2-17-8-11-4-5-12(20-11)9-21(18,19)14-7-10(15)3-6-13(14)16/h3-7,17H,2,8-9H2,1H3. The monoisotopic (exact) mass is 315 g/mol. The van der Waals surface area contributed by atoms with E-state index < -0.39 is 32.1 Å². The van der Waals surface area contributed by atoms with E-state index in [2.05, 4.69) is 5.32 Å². The Kier molecular flexibility index (Phi) is 4.74. The average molecular weight is 315 g/mol. The van der Waals surface area contributed by atoms with Gasteiger partial charge in [-0.2, -0.15) is 0 Å². The third-order valence-electron chi connectivity index (χ3n) is 2.83. The molecule has 1 aromatic heterocycles. The van der Waals surface area contributed by atoms with Crippen molar-refractivity contribution in [2.24, 2.45) is 0 Å². The number of hydrogen-bond donors (Lipinski definition) is 1. The Labute approximate surface area is 121 Å². The second-order valence-corrected chi connectivity index (χ2v) is 6.44. The Hall–Kier alpha value is -1.73. The summed E-state index contributed by atoms with van der Waals surface area (Å²) in [5.41, 5.74) is 0. The van der Waals surface area contributed by atoms with E-state index in [4.69, 9.17) is 4.42 Å². The zero-order valence-electron chi connectivity index (χ0n) is 11.4. The summed E-state index contributed by atoms with van der Waals surface area (Å²) in [6, 6.07) is 5.50. The molecule has 0 saturated carbocycles. The summed E-state index contributed by atoms with van der Waals surface area (Å²) >= 11 is 0. The van der Waals surface area contributed by atoms with Crippen molar-refractivity contribution >= 4 is 9.84 Å². The highest BCUT2D eigenvalue weighted by Crippen LogP contribution is 2.21. The van der Waals surface area contributed by atoms with Crippen molar-refractivity contribution in [2.45, 2.75) is 24.1 Å². The third kappa shape index (κ3) is 3.89. The maximum absolute atomic E-state index is 13.6. The molecule has 0 saturated heterocycles. The lowest BCUT2D eigenvalue weighted by atomic mass is 10.3. The zero-order chi connectivity index (χ0) is 15.5. The van der Waals surface area contributed by atoms with Gasteiger partial charge in [0.05, 0.1) is 6.54 Å². The number of rotatable bonds is 6. The maximum atomic E-state index is 13.6. The van der Waals surface area contributed by atoms with Crippen molar-refractivity contribution in [1.82, 2.24) is 5.32 Å². The SMILES string of the molecule is CCNCc1ccc(CS(=O)(=O)c2cc(F)ccc2F)o1. The molecule has 0 radical (unpaired) electrons. The van der Waals surface area contributed by atoms with Gasteiger partial charge in [-0.3, -0.25) is 0 Å². The maximum Gasteiger partial charge on any atom is 0.188 e. The van der Waals surface area contributed by atoms with Gasteiger partial charge in [0.15, 0.2) is 9.84 Å². The van der Waals surface area contributed by atoms with Gasteiger partial charge >= 0.3 is 0 Å². The van der Waals surface area contributed by atoms with Crippen LogP contribution < -0.4 is 5.32 Å². The highest BCUT2D eigenvalue weighted by Gasteiger charge is 2.22. The fraction of sp³-hybridized carbons (Fsp3) is 0.286. The normalized spacial score (nSPS) is 11.8. The molecular formula is C14H15F2NO3S. The molecule has 0 aliphatic rings.